The molecule has 1 aromatic heterocycles. The van der Waals surface area contributed by atoms with Crippen molar-refractivity contribution in [3.63, 3.8) is 0 Å². The lowest BCUT2D eigenvalue weighted by Gasteiger charge is -2.07. The van der Waals surface area contributed by atoms with Crippen LogP contribution in [0.2, 0.25) is 0 Å². The summed E-state index contributed by atoms with van der Waals surface area (Å²) in [7, 11) is 0. The summed E-state index contributed by atoms with van der Waals surface area (Å²) in [6.45, 7) is 3.73. The van der Waals surface area contributed by atoms with Gasteiger partial charge in [-0.3, -0.25) is 4.79 Å². The molecule has 0 unspecified atom stereocenters. The number of benzene rings is 1. The maximum atomic E-state index is 12.4. The van der Waals surface area contributed by atoms with E-state index in [1.54, 1.807) is 12.1 Å². The molecular formula is C15H12F3N3O2. The number of halogens is 3. The lowest BCUT2D eigenvalue weighted by molar-refractivity contribution is -0.159. The maximum Gasteiger partial charge on any atom is 0.471 e. The number of alkyl halides is 3. The second-order valence-electron chi connectivity index (χ2n) is 5.22. The minimum absolute atomic E-state index is 0.170. The normalized spacial score (nSPS) is 14.6. The van der Waals surface area contributed by atoms with Crippen molar-refractivity contribution in [1.29, 1.82) is 0 Å². The zero-order valence-corrected chi connectivity index (χ0v) is 11.9. The maximum absolute atomic E-state index is 12.4. The topological polar surface area (TPSA) is 68.0 Å². The predicted octanol–water partition coefficient (Wildman–Crippen LogP) is 3.05. The number of hydrogen-bond donors (Lipinski definition) is 1. The molecule has 8 heteroatoms. The van der Waals surface area contributed by atoms with Crippen molar-refractivity contribution >= 4 is 11.5 Å². The first-order valence-corrected chi connectivity index (χ1v) is 6.86. The Morgan fingerprint density at radius 1 is 1.26 bits per heavy atom. The summed E-state index contributed by atoms with van der Waals surface area (Å²) in [6.07, 6.45) is -2.74. The molecule has 1 aliphatic rings. The fourth-order valence-corrected chi connectivity index (χ4v) is 1.91. The van der Waals surface area contributed by atoms with Crippen molar-refractivity contribution in [1.82, 2.24) is 15.5 Å². The molecule has 0 saturated heterocycles. The molecule has 0 radical (unpaired) electrons. The van der Waals surface area contributed by atoms with Crippen LogP contribution < -0.4 is 5.32 Å². The van der Waals surface area contributed by atoms with Gasteiger partial charge in [0, 0.05) is 17.2 Å². The number of nitrogens with zero attached hydrogens (tertiary/aromatic N) is 2. The summed E-state index contributed by atoms with van der Waals surface area (Å²) in [5.41, 5.74) is 1.22. The highest BCUT2D eigenvalue weighted by Crippen LogP contribution is 2.29. The van der Waals surface area contributed by atoms with Gasteiger partial charge in [-0.1, -0.05) is 36.0 Å². The van der Waals surface area contributed by atoms with Gasteiger partial charge in [0.25, 0.3) is 5.91 Å². The summed E-state index contributed by atoms with van der Waals surface area (Å²) < 4.78 is 41.5. The Kier molecular flexibility index (Phi) is 3.67. The molecule has 5 nitrogen and oxygen atoms in total. The van der Waals surface area contributed by atoms with E-state index < -0.39 is 12.1 Å². The van der Waals surface area contributed by atoms with Crippen LogP contribution in [0, 0.1) is 0 Å². The van der Waals surface area contributed by atoms with Crippen LogP contribution in [0.25, 0.3) is 17.0 Å². The smallest absolute Gasteiger partial charge is 0.349 e. The van der Waals surface area contributed by atoms with Gasteiger partial charge in [0.05, 0.1) is 0 Å². The Hall–Kier alpha value is -2.64. The van der Waals surface area contributed by atoms with E-state index in [1.165, 1.54) is 12.1 Å². The molecule has 23 heavy (non-hydrogen) atoms. The Bertz CT molecular complexity index is 746. The van der Waals surface area contributed by atoms with Crippen LogP contribution in [0.3, 0.4) is 0 Å². The average Bonchev–Trinajstić information content (AvgIpc) is 3.17. The van der Waals surface area contributed by atoms with Crippen molar-refractivity contribution in [2.24, 2.45) is 0 Å². The summed E-state index contributed by atoms with van der Waals surface area (Å²) in [5.74, 6) is -1.82. The predicted molar refractivity (Wildman–Crippen MR) is 74.9 cm³/mol. The number of rotatable bonds is 4. The number of carbonyl (C=O) groups is 1. The molecule has 0 bridgehead atoms. The standard InChI is InChI=1S/C15H12F3N3O2/c1-8(13(22)19-11-6-7-11)9-2-4-10(5-3-9)12-20-14(23-21-12)15(16,17)18/h2-5,11H,1,6-7H2,(H,19,22). The van der Waals surface area contributed by atoms with Crippen molar-refractivity contribution in [3.8, 4) is 11.4 Å². The molecule has 0 spiro atoms. The summed E-state index contributed by atoms with van der Waals surface area (Å²) in [5, 5.41) is 6.12. The molecule has 0 atom stereocenters. The quantitative estimate of drug-likeness (QED) is 0.878. The van der Waals surface area contributed by atoms with Crippen molar-refractivity contribution in [2.75, 3.05) is 0 Å². The molecule has 3 rings (SSSR count). The molecule has 1 aromatic carbocycles. The molecule has 120 valence electrons. The van der Waals surface area contributed by atoms with Gasteiger partial charge < -0.3 is 9.84 Å². The van der Waals surface area contributed by atoms with Crippen LogP contribution in [0.4, 0.5) is 13.2 Å². The molecule has 1 saturated carbocycles. The molecule has 1 fully saturated rings. The molecule has 1 heterocycles. The monoisotopic (exact) mass is 323 g/mol. The van der Waals surface area contributed by atoms with E-state index in [4.69, 9.17) is 0 Å². The second kappa shape index (κ2) is 5.53. The highest BCUT2D eigenvalue weighted by Gasteiger charge is 2.38. The van der Waals surface area contributed by atoms with E-state index in [0.717, 1.165) is 12.8 Å². The second-order valence-corrected chi connectivity index (χ2v) is 5.22. The van der Waals surface area contributed by atoms with E-state index in [2.05, 4.69) is 26.6 Å². The van der Waals surface area contributed by atoms with Gasteiger partial charge in [-0.25, -0.2) is 0 Å². The third-order valence-electron chi connectivity index (χ3n) is 3.35. The highest BCUT2D eigenvalue weighted by molar-refractivity contribution is 6.18. The molecule has 0 aliphatic heterocycles. The van der Waals surface area contributed by atoms with E-state index in [-0.39, 0.29) is 17.8 Å². The van der Waals surface area contributed by atoms with Crippen molar-refractivity contribution < 1.29 is 22.5 Å². The third-order valence-corrected chi connectivity index (χ3v) is 3.35. The van der Waals surface area contributed by atoms with E-state index in [0.29, 0.717) is 16.7 Å². The van der Waals surface area contributed by atoms with Crippen LogP contribution in [0.1, 0.15) is 24.3 Å². The first-order valence-electron chi connectivity index (χ1n) is 6.86. The van der Waals surface area contributed by atoms with E-state index in [1.807, 2.05) is 0 Å². The van der Waals surface area contributed by atoms with Crippen molar-refractivity contribution in [2.45, 2.75) is 25.1 Å². The Labute approximate surface area is 129 Å². The molecular weight excluding hydrogens is 311 g/mol. The molecule has 1 amide bonds. The van der Waals surface area contributed by atoms with Gasteiger partial charge >= 0.3 is 12.1 Å². The van der Waals surface area contributed by atoms with Gasteiger partial charge in [-0.2, -0.15) is 18.2 Å². The van der Waals surface area contributed by atoms with Gasteiger partial charge in [0.1, 0.15) is 0 Å². The molecule has 1 N–H and O–H groups in total. The fourth-order valence-electron chi connectivity index (χ4n) is 1.91. The van der Waals surface area contributed by atoms with Crippen LogP contribution in [0.15, 0.2) is 35.4 Å². The van der Waals surface area contributed by atoms with Crippen LogP contribution in [-0.4, -0.2) is 22.1 Å². The highest BCUT2D eigenvalue weighted by atomic mass is 19.4. The Morgan fingerprint density at radius 2 is 1.91 bits per heavy atom. The van der Waals surface area contributed by atoms with Crippen LogP contribution in [-0.2, 0) is 11.0 Å². The minimum Gasteiger partial charge on any atom is -0.349 e. The van der Waals surface area contributed by atoms with Crippen LogP contribution in [0.5, 0.6) is 0 Å². The molecule has 1 aliphatic carbocycles. The largest absolute Gasteiger partial charge is 0.471 e. The Balaban J connectivity index is 1.75. The average molecular weight is 323 g/mol. The zero-order chi connectivity index (χ0) is 16.6. The first kappa shape index (κ1) is 15.3. The minimum atomic E-state index is -4.68. The number of hydrogen-bond acceptors (Lipinski definition) is 4. The third kappa shape index (κ3) is 3.41. The summed E-state index contributed by atoms with van der Waals surface area (Å²) in [6, 6.07) is 6.39. The summed E-state index contributed by atoms with van der Waals surface area (Å²) >= 11 is 0. The van der Waals surface area contributed by atoms with E-state index >= 15 is 0 Å². The lowest BCUT2D eigenvalue weighted by atomic mass is 10.0. The van der Waals surface area contributed by atoms with E-state index in [9.17, 15) is 18.0 Å². The molecule has 2 aromatic rings. The number of aromatic nitrogens is 2. The van der Waals surface area contributed by atoms with Gasteiger partial charge in [-0.15, -0.1) is 0 Å². The fraction of sp³-hybridized carbons (Fsp3) is 0.267. The van der Waals surface area contributed by atoms with Crippen molar-refractivity contribution in [3.05, 3.63) is 42.3 Å². The van der Waals surface area contributed by atoms with Gasteiger partial charge in [-0.05, 0) is 18.4 Å². The zero-order valence-electron chi connectivity index (χ0n) is 11.9. The number of amides is 1. The van der Waals surface area contributed by atoms with Crippen LogP contribution >= 0.6 is 0 Å². The van der Waals surface area contributed by atoms with Gasteiger partial charge in [0.15, 0.2) is 0 Å². The summed E-state index contributed by atoms with van der Waals surface area (Å²) in [4.78, 5) is 15.2. The number of nitrogens with one attached hydrogen (secondary N) is 1. The first-order chi connectivity index (χ1) is 10.8. The Morgan fingerprint density at radius 3 is 2.43 bits per heavy atom. The lowest BCUT2D eigenvalue weighted by Crippen LogP contribution is -2.25. The van der Waals surface area contributed by atoms with Gasteiger partial charge in [0.2, 0.25) is 5.82 Å². The SMILES string of the molecule is C=C(C(=O)NC1CC1)c1ccc(-c2noc(C(F)(F)F)n2)cc1. The number of carbonyl (C=O) groups excluding carboxylic acids is 1.